The maximum absolute atomic E-state index is 11.9. The zero-order valence-electron chi connectivity index (χ0n) is 12.2. The molecule has 0 spiro atoms. The Labute approximate surface area is 134 Å². The average molecular weight is 329 g/mol. The van der Waals surface area contributed by atoms with Gasteiger partial charge in [0.05, 0.1) is 16.6 Å². The second-order valence-electron chi connectivity index (χ2n) is 4.89. The van der Waals surface area contributed by atoms with E-state index in [2.05, 4.69) is 5.32 Å². The normalized spacial score (nSPS) is 11.0. The first-order chi connectivity index (χ1) is 9.81. The summed E-state index contributed by atoms with van der Waals surface area (Å²) in [6.07, 6.45) is 2.94. The Kier molecular flexibility index (Phi) is 6.72. The van der Waals surface area contributed by atoms with Crippen LogP contribution in [0.4, 0.5) is 0 Å². The van der Waals surface area contributed by atoms with E-state index in [4.69, 9.17) is 23.2 Å². The number of nitrogens with one attached hydrogen (secondary N) is 1. The third kappa shape index (κ3) is 5.78. The van der Waals surface area contributed by atoms with E-state index in [0.717, 1.165) is 0 Å². The van der Waals surface area contributed by atoms with E-state index in [1.807, 2.05) is 13.8 Å². The highest BCUT2D eigenvalue weighted by Gasteiger charge is 2.11. The molecule has 0 aromatic heterocycles. The van der Waals surface area contributed by atoms with E-state index >= 15 is 0 Å². The summed E-state index contributed by atoms with van der Waals surface area (Å²) in [6.45, 7) is 3.73. The Morgan fingerprint density at radius 2 is 2.00 bits per heavy atom. The molecule has 0 fully saturated rings. The van der Waals surface area contributed by atoms with Gasteiger partial charge in [-0.15, -0.1) is 0 Å². The van der Waals surface area contributed by atoms with Crippen molar-refractivity contribution in [2.24, 2.45) is 0 Å². The molecule has 0 aliphatic heterocycles. The molecule has 0 unspecified atom stereocenters. The molecule has 0 saturated heterocycles. The number of nitrogens with zero attached hydrogens (tertiary/aromatic N) is 1. The SMILES string of the molecule is CC(C)NC(=O)CN(C)C(=O)/C=C/c1cccc(Cl)c1Cl. The van der Waals surface area contributed by atoms with E-state index in [1.165, 1.54) is 11.0 Å². The maximum Gasteiger partial charge on any atom is 0.246 e. The van der Waals surface area contributed by atoms with Gasteiger partial charge in [-0.25, -0.2) is 0 Å². The van der Waals surface area contributed by atoms with Crippen LogP contribution in [0.15, 0.2) is 24.3 Å². The van der Waals surface area contributed by atoms with Crippen molar-refractivity contribution in [2.75, 3.05) is 13.6 Å². The Hall–Kier alpha value is -1.52. The van der Waals surface area contributed by atoms with Crippen LogP contribution < -0.4 is 5.32 Å². The minimum atomic E-state index is -0.287. The molecule has 1 N–H and O–H groups in total. The molecule has 0 radical (unpaired) electrons. The number of hydrogen-bond donors (Lipinski definition) is 1. The molecule has 114 valence electrons. The van der Waals surface area contributed by atoms with E-state index in [0.29, 0.717) is 15.6 Å². The first-order valence-corrected chi connectivity index (χ1v) is 7.23. The van der Waals surface area contributed by atoms with E-state index in [1.54, 1.807) is 31.3 Å². The van der Waals surface area contributed by atoms with Gasteiger partial charge in [0.25, 0.3) is 0 Å². The van der Waals surface area contributed by atoms with Crippen LogP contribution in [0.3, 0.4) is 0 Å². The molecule has 1 aromatic rings. The van der Waals surface area contributed by atoms with Crippen LogP contribution in [0, 0.1) is 0 Å². The van der Waals surface area contributed by atoms with Gasteiger partial charge < -0.3 is 10.2 Å². The number of rotatable bonds is 5. The molecular formula is C15H18Cl2N2O2. The van der Waals surface area contributed by atoms with Crippen LogP contribution in [0.1, 0.15) is 19.4 Å². The van der Waals surface area contributed by atoms with Crippen molar-refractivity contribution < 1.29 is 9.59 Å². The first-order valence-electron chi connectivity index (χ1n) is 6.47. The summed E-state index contributed by atoms with van der Waals surface area (Å²) in [5.74, 6) is -0.486. The number of hydrogen-bond acceptors (Lipinski definition) is 2. The van der Waals surface area contributed by atoms with Crippen molar-refractivity contribution in [1.29, 1.82) is 0 Å². The van der Waals surface area contributed by atoms with Crippen LogP contribution in [-0.2, 0) is 9.59 Å². The minimum Gasteiger partial charge on any atom is -0.352 e. The molecule has 4 nitrogen and oxygen atoms in total. The lowest BCUT2D eigenvalue weighted by atomic mass is 10.2. The minimum absolute atomic E-state index is 0.00459. The standard InChI is InChI=1S/C15H18Cl2N2O2/c1-10(2)18-13(20)9-19(3)14(21)8-7-11-5-4-6-12(16)15(11)17/h4-8,10H,9H2,1-3H3,(H,18,20)/b8-7+. The monoisotopic (exact) mass is 328 g/mol. The van der Waals surface area contributed by atoms with Gasteiger partial charge in [-0.3, -0.25) is 9.59 Å². The van der Waals surface area contributed by atoms with Gasteiger partial charge in [-0.1, -0.05) is 35.3 Å². The van der Waals surface area contributed by atoms with Crippen LogP contribution in [-0.4, -0.2) is 36.3 Å². The molecule has 1 rings (SSSR count). The van der Waals surface area contributed by atoms with Gasteiger partial charge in [0.15, 0.2) is 0 Å². The largest absolute Gasteiger partial charge is 0.352 e. The fourth-order valence-electron chi connectivity index (χ4n) is 1.60. The molecule has 2 amide bonds. The van der Waals surface area contributed by atoms with Crippen molar-refractivity contribution >= 4 is 41.1 Å². The van der Waals surface area contributed by atoms with Gasteiger partial charge in [-0.2, -0.15) is 0 Å². The molecule has 0 saturated carbocycles. The number of carbonyl (C=O) groups is 2. The maximum atomic E-state index is 11.9. The number of halogens is 2. The van der Waals surface area contributed by atoms with Crippen molar-refractivity contribution in [3.05, 3.63) is 39.9 Å². The Morgan fingerprint density at radius 3 is 2.62 bits per heavy atom. The molecule has 0 bridgehead atoms. The number of amides is 2. The third-order valence-corrected chi connectivity index (χ3v) is 3.43. The van der Waals surface area contributed by atoms with Gasteiger partial charge in [0.1, 0.15) is 0 Å². The number of carbonyl (C=O) groups excluding carboxylic acids is 2. The van der Waals surface area contributed by atoms with E-state index < -0.39 is 0 Å². The molecule has 21 heavy (non-hydrogen) atoms. The van der Waals surface area contributed by atoms with Gasteiger partial charge in [0, 0.05) is 19.2 Å². The quantitative estimate of drug-likeness (QED) is 0.845. The fraction of sp³-hybridized carbons (Fsp3) is 0.333. The van der Waals surface area contributed by atoms with Crippen LogP contribution in [0.2, 0.25) is 10.0 Å². The van der Waals surface area contributed by atoms with E-state index in [9.17, 15) is 9.59 Å². The highest BCUT2D eigenvalue weighted by atomic mass is 35.5. The summed E-state index contributed by atoms with van der Waals surface area (Å²) in [6, 6.07) is 5.22. The molecule has 0 heterocycles. The van der Waals surface area contributed by atoms with Crippen molar-refractivity contribution in [1.82, 2.24) is 10.2 Å². The smallest absolute Gasteiger partial charge is 0.246 e. The Bertz CT molecular complexity index is 557. The molecule has 0 aliphatic carbocycles. The zero-order valence-corrected chi connectivity index (χ0v) is 13.7. The van der Waals surface area contributed by atoms with Crippen LogP contribution >= 0.6 is 23.2 Å². The van der Waals surface area contributed by atoms with Crippen LogP contribution in [0.25, 0.3) is 6.08 Å². The number of benzene rings is 1. The lowest BCUT2D eigenvalue weighted by Gasteiger charge is -2.16. The average Bonchev–Trinajstić information content (AvgIpc) is 2.39. The van der Waals surface area contributed by atoms with Gasteiger partial charge in [0.2, 0.25) is 11.8 Å². The summed E-state index contributed by atoms with van der Waals surface area (Å²) in [4.78, 5) is 24.8. The highest BCUT2D eigenvalue weighted by Crippen LogP contribution is 2.26. The van der Waals surface area contributed by atoms with Crippen molar-refractivity contribution in [2.45, 2.75) is 19.9 Å². The fourth-order valence-corrected chi connectivity index (χ4v) is 1.97. The second kappa shape index (κ2) is 8.05. The summed E-state index contributed by atoms with van der Waals surface area (Å²) >= 11 is 11.9. The summed E-state index contributed by atoms with van der Waals surface area (Å²) < 4.78 is 0. The first kappa shape index (κ1) is 17.5. The molecule has 0 atom stereocenters. The highest BCUT2D eigenvalue weighted by molar-refractivity contribution is 6.42. The zero-order chi connectivity index (χ0) is 16.0. The molecular weight excluding hydrogens is 311 g/mol. The van der Waals surface area contributed by atoms with Gasteiger partial charge in [-0.05, 0) is 31.6 Å². The predicted octanol–water partition coefficient (Wildman–Crippen LogP) is 2.99. The molecule has 0 aliphatic rings. The summed E-state index contributed by atoms with van der Waals surface area (Å²) in [5.41, 5.74) is 0.651. The molecule has 1 aromatic carbocycles. The van der Waals surface area contributed by atoms with Crippen molar-refractivity contribution in [3.63, 3.8) is 0 Å². The Balaban J connectivity index is 2.65. The lowest BCUT2D eigenvalue weighted by Crippen LogP contribution is -2.40. The van der Waals surface area contributed by atoms with Gasteiger partial charge >= 0.3 is 0 Å². The molecule has 6 heteroatoms. The second-order valence-corrected chi connectivity index (χ2v) is 5.68. The number of likely N-dealkylation sites (N-methyl/N-ethyl adjacent to an activating group) is 1. The topological polar surface area (TPSA) is 49.4 Å². The lowest BCUT2D eigenvalue weighted by molar-refractivity contribution is -0.131. The van der Waals surface area contributed by atoms with Crippen molar-refractivity contribution in [3.8, 4) is 0 Å². The summed E-state index contributed by atoms with van der Waals surface area (Å²) in [7, 11) is 1.56. The predicted molar refractivity (Wildman–Crippen MR) is 86.4 cm³/mol. The third-order valence-electron chi connectivity index (χ3n) is 2.59. The van der Waals surface area contributed by atoms with E-state index in [-0.39, 0.29) is 24.4 Å². The summed E-state index contributed by atoms with van der Waals surface area (Å²) in [5, 5.41) is 3.54. The Morgan fingerprint density at radius 1 is 1.33 bits per heavy atom. The van der Waals surface area contributed by atoms with Crippen LogP contribution in [0.5, 0.6) is 0 Å².